The van der Waals surface area contributed by atoms with Gasteiger partial charge < -0.3 is 5.32 Å². The van der Waals surface area contributed by atoms with Gasteiger partial charge in [-0.05, 0) is 58.0 Å². The molecule has 1 heterocycles. The van der Waals surface area contributed by atoms with Crippen molar-refractivity contribution in [1.29, 1.82) is 0 Å². The fraction of sp³-hybridized carbons (Fsp3) is 1.00. The molecule has 1 saturated carbocycles. The number of nitrogens with zero attached hydrogens (tertiary/aromatic N) is 1. The maximum absolute atomic E-state index is 3.77. The van der Waals surface area contributed by atoms with Gasteiger partial charge in [0.05, 0.1) is 0 Å². The summed E-state index contributed by atoms with van der Waals surface area (Å²) in [5, 5.41) is 3.77. The molecule has 2 nitrogen and oxygen atoms in total. The van der Waals surface area contributed by atoms with Crippen LogP contribution in [-0.4, -0.2) is 36.6 Å². The van der Waals surface area contributed by atoms with Crippen LogP contribution in [0.5, 0.6) is 0 Å². The van der Waals surface area contributed by atoms with Gasteiger partial charge in [-0.1, -0.05) is 6.92 Å². The van der Waals surface area contributed by atoms with Crippen LogP contribution in [0, 0.1) is 5.92 Å². The standard InChI is InChI=1S/C13H26N2/c1-3-13(12-6-7-12)14-10-11(2)15-8-4-5-9-15/h11-14H,3-10H2,1-2H3. The molecule has 0 aromatic rings. The maximum atomic E-state index is 3.77. The van der Waals surface area contributed by atoms with Gasteiger partial charge in [-0.15, -0.1) is 0 Å². The summed E-state index contributed by atoms with van der Waals surface area (Å²) in [7, 11) is 0. The molecule has 2 aliphatic rings. The summed E-state index contributed by atoms with van der Waals surface area (Å²) in [6.45, 7) is 8.52. The number of hydrogen-bond acceptors (Lipinski definition) is 2. The Balaban J connectivity index is 1.66. The van der Waals surface area contributed by atoms with Gasteiger partial charge in [0.2, 0.25) is 0 Å². The third-order valence-electron chi connectivity index (χ3n) is 4.07. The number of rotatable bonds is 6. The first-order chi connectivity index (χ1) is 7.31. The van der Waals surface area contributed by atoms with Crippen LogP contribution in [0.2, 0.25) is 0 Å². The molecule has 2 atom stereocenters. The van der Waals surface area contributed by atoms with E-state index in [9.17, 15) is 0 Å². The molecule has 0 spiro atoms. The van der Waals surface area contributed by atoms with Crippen LogP contribution in [-0.2, 0) is 0 Å². The monoisotopic (exact) mass is 210 g/mol. The zero-order chi connectivity index (χ0) is 10.7. The van der Waals surface area contributed by atoms with Crippen molar-refractivity contribution in [3.8, 4) is 0 Å². The van der Waals surface area contributed by atoms with E-state index >= 15 is 0 Å². The quantitative estimate of drug-likeness (QED) is 0.723. The lowest BCUT2D eigenvalue weighted by Crippen LogP contribution is -2.42. The summed E-state index contributed by atoms with van der Waals surface area (Å²) in [4.78, 5) is 2.63. The average Bonchev–Trinajstić information content (AvgIpc) is 2.94. The first-order valence-electron chi connectivity index (χ1n) is 6.78. The largest absolute Gasteiger partial charge is 0.312 e. The summed E-state index contributed by atoms with van der Waals surface area (Å²) < 4.78 is 0. The molecular formula is C13H26N2. The first kappa shape index (κ1) is 11.4. The molecule has 0 aromatic heterocycles. The summed E-state index contributed by atoms with van der Waals surface area (Å²) in [6, 6.07) is 1.54. The number of hydrogen-bond donors (Lipinski definition) is 1. The highest BCUT2D eigenvalue weighted by atomic mass is 15.2. The highest BCUT2D eigenvalue weighted by molar-refractivity contribution is 4.86. The lowest BCUT2D eigenvalue weighted by atomic mass is 10.1. The lowest BCUT2D eigenvalue weighted by molar-refractivity contribution is 0.241. The first-order valence-corrected chi connectivity index (χ1v) is 6.78. The smallest absolute Gasteiger partial charge is 0.0192 e. The molecule has 88 valence electrons. The van der Waals surface area contributed by atoms with Crippen molar-refractivity contribution in [1.82, 2.24) is 10.2 Å². The van der Waals surface area contributed by atoms with E-state index < -0.39 is 0 Å². The molecule has 1 saturated heterocycles. The van der Waals surface area contributed by atoms with E-state index in [4.69, 9.17) is 0 Å². The SMILES string of the molecule is CCC(NCC(C)N1CCCC1)C1CC1. The molecule has 0 aromatic carbocycles. The Kier molecular flexibility index (Phi) is 4.04. The minimum absolute atomic E-state index is 0.736. The molecule has 2 heteroatoms. The third-order valence-corrected chi connectivity index (χ3v) is 4.07. The molecule has 0 amide bonds. The van der Waals surface area contributed by atoms with E-state index in [2.05, 4.69) is 24.1 Å². The van der Waals surface area contributed by atoms with Crippen LogP contribution in [0.1, 0.15) is 46.0 Å². The Morgan fingerprint density at radius 1 is 1.27 bits per heavy atom. The van der Waals surface area contributed by atoms with Crippen LogP contribution in [0.25, 0.3) is 0 Å². The van der Waals surface area contributed by atoms with Crippen molar-refractivity contribution in [3.63, 3.8) is 0 Å². The second-order valence-corrected chi connectivity index (χ2v) is 5.35. The minimum atomic E-state index is 0.736. The molecule has 2 rings (SSSR count). The summed E-state index contributed by atoms with van der Waals surface area (Å²) in [5.74, 6) is 1.00. The van der Waals surface area contributed by atoms with Gasteiger partial charge in [0.1, 0.15) is 0 Å². The van der Waals surface area contributed by atoms with Crippen molar-refractivity contribution in [2.24, 2.45) is 5.92 Å². The van der Waals surface area contributed by atoms with Gasteiger partial charge in [-0.3, -0.25) is 4.90 Å². The topological polar surface area (TPSA) is 15.3 Å². The second-order valence-electron chi connectivity index (χ2n) is 5.35. The van der Waals surface area contributed by atoms with Crippen molar-refractivity contribution < 1.29 is 0 Å². The van der Waals surface area contributed by atoms with Crippen molar-refractivity contribution in [2.45, 2.75) is 58.0 Å². The van der Waals surface area contributed by atoms with Gasteiger partial charge in [-0.25, -0.2) is 0 Å². The Morgan fingerprint density at radius 2 is 1.93 bits per heavy atom. The molecule has 1 aliphatic carbocycles. The Hall–Kier alpha value is -0.0800. The molecule has 15 heavy (non-hydrogen) atoms. The second kappa shape index (κ2) is 5.31. The third kappa shape index (κ3) is 3.18. The fourth-order valence-corrected chi connectivity index (χ4v) is 2.78. The normalized spacial score (nSPS) is 26.8. The molecule has 2 fully saturated rings. The van der Waals surface area contributed by atoms with Crippen molar-refractivity contribution >= 4 is 0 Å². The van der Waals surface area contributed by atoms with Gasteiger partial charge in [0.15, 0.2) is 0 Å². The van der Waals surface area contributed by atoms with Crippen LogP contribution in [0.4, 0.5) is 0 Å². The summed E-state index contributed by atoms with van der Waals surface area (Å²) in [5.41, 5.74) is 0. The summed E-state index contributed by atoms with van der Waals surface area (Å²) >= 11 is 0. The Labute approximate surface area is 94.4 Å². The van der Waals surface area contributed by atoms with E-state index in [0.717, 1.165) is 18.0 Å². The van der Waals surface area contributed by atoms with Crippen LogP contribution in [0.15, 0.2) is 0 Å². The Morgan fingerprint density at radius 3 is 2.47 bits per heavy atom. The van der Waals surface area contributed by atoms with Crippen LogP contribution >= 0.6 is 0 Å². The minimum Gasteiger partial charge on any atom is -0.312 e. The highest BCUT2D eigenvalue weighted by Crippen LogP contribution is 2.33. The molecular weight excluding hydrogens is 184 g/mol. The van der Waals surface area contributed by atoms with Crippen LogP contribution < -0.4 is 5.32 Å². The van der Waals surface area contributed by atoms with Gasteiger partial charge in [0.25, 0.3) is 0 Å². The summed E-state index contributed by atoms with van der Waals surface area (Å²) in [6.07, 6.45) is 7.04. The highest BCUT2D eigenvalue weighted by Gasteiger charge is 2.30. The maximum Gasteiger partial charge on any atom is 0.0192 e. The molecule has 2 unspecified atom stereocenters. The number of nitrogens with one attached hydrogen (secondary N) is 1. The van der Waals surface area contributed by atoms with E-state index in [1.54, 1.807) is 0 Å². The van der Waals surface area contributed by atoms with Gasteiger partial charge >= 0.3 is 0 Å². The number of likely N-dealkylation sites (tertiary alicyclic amines) is 1. The average molecular weight is 210 g/mol. The predicted molar refractivity (Wildman–Crippen MR) is 65.1 cm³/mol. The Bertz CT molecular complexity index is 183. The molecule has 0 bridgehead atoms. The fourth-order valence-electron chi connectivity index (χ4n) is 2.78. The zero-order valence-electron chi connectivity index (χ0n) is 10.3. The lowest BCUT2D eigenvalue weighted by Gasteiger charge is -2.26. The van der Waals surface area contributed by atoms with Crippen LogP contribution in [0.3, 0.4) is 0 Å². The van der Waals surface area contributed by atoms with Crippen molar-refractivity contribution in [2.75, 3.05) is 19.6 Å². The molecule has 0 radical (unpaired) electrons. The van der Waals surface area contributed by atoms with E-state index in [1.165, 1.54) is 51.7 Å². The predicted octanol–water partition coefficient (Wildman–Crippen LogP) is 2.25. The van der Waals surface area contributed by atoms with E-state index in [1.807, 2.05) is 0 Å². The zero-order valence-corrected chi connectivity index (χ0v) is 10.3. The molecule has 1 aliphatic heterocycles. The van der Waals surface area contributed by atoms with Gasteiger partial charge in [-0.2, -0.15) is 0 Å². The van der Waals surface area contributed by atoms with Crippen molar-refractivity contribution in [3.05, 3.63) is 0 Å². The van der Waals surface area contributed by atoms with E-state index in [0.29, 0.717) is 0 Å². The van der Waals surface area contributed by atoms with Gasteiger partial charge in [0, 0.05) is 18.6 Å². The molecule has 1 N–H and O–H groups in total. The van der Waals surface area contributed by atoms with E-state index in [-0.39, 0.29) is 0 Å².